The Hall–Kier alpha value is -3.73. The summed E-state index contributed by atoms with van der Waals surface area (Å²) in [4.78, 5) is 28.3. The van der Waals surface area contributed by atoms with E-state index >= 15 is 0 Å². The summed E-state index contributed by atoms with van der Waals surface area (Å²) in [7, 11) is 0. The number of carbonyl (C=O) groups excluding carboxylic acids is 2. The summed E-state index contributed by atoms with van der Waals surface area (Å²) in [5, 5.41) is 23.5. The van der Waals surface area contributed by atoms with Crippen molar-refractivity contribution in [3.63, 3.8) is 0 Å². The largest absolute Gasteiger partial charge is 0.507 e. The Bertz CT molecular complexity index is 1060. The first kappa shape index (κ1) is 22.0. The number of hydrogen-bond donors (Lipinski definition) is 2. The maximum absolute atomic E-state index is 12.7. The normalized spacial score (nSPS) is 14.8. The molecule has 2 amide bonds. The molecule has 31 heavy (non-hydrogen) atoms. The average molecular weight is 422 g/mol. The Balaban J connectivity index is 1.67. The van der Waals surface area contributed by atoms with E-state index in [2.05, 4.69) is 5.32 Å². The van der Waals surface area contributed by atoms with E-state index in [0.29, 0.717) is 42.6 Å². The van der Waals surface area contributed by atoms with Gasteiger partial charge >= 0.3 is 6.09 Å². The number of ether oxygens (including phenoxy) is 1. The SMILES string of the molecule is CC(C)(C)OC(=O)N1CCN(/C=C(/C#N)C(=O)Nc2cccc3c(O)cccc23)CC1. The number of nitrogens with zero attached hydrogens (tertiary/aromatic N) is 3. The van der Waals surface area contributed by atoms with E-state index in [9.17, 15) is 20.0 Å². The molecule has 1 fully saturated rings. The molecule has 1 saturated heterocycles. The highest BCUT2D eigenvalue weighted by atomic mass is 16.6. The summed E-state index contributed by atoms with van der Waals surface area (Å²) in [5.74, 6) is -0.416. The molecule has 0 aliphatic carbocycles. The molecule has 0 unspecified atom stereocenters. The molecule has 2 aromatic carbocycles. The number of nitriles is 1. The summed E-state index contributed by atoms with van der Waals surface area (Å²) in [6.45, 7) is 7.30. The standard InChI is InChI=1S/C23H26N4O4/c1-23(2,3)31-22(30)27-12-10-26(11-13-27)15-16(14-24)21(29)25-19-8-4-7-18-17(19)6-5-9-20(18)28/h4-9,15,28H,10-13H2,1-3H3,(H,25,29)/b16-15-. The average Bonchev–Trinajstić information content (AvgIpc) is 2.72. The second-order valence-electron chi connectivity index (χ2n) is 8.29. The van der Waals surface area contributed by atoms with Crippen LogP contribution in [0.5, 0.6) is 5.75 Å². The summed E-state index contributed by atoms with van der Waals surface area (Å²) in [6, 6.07) is 12.2. The number of amides is 2. The van der Waals surface area contributed by atoms with Crippen LogP contribution in [-0.2, 0) is 9.53 Å². The number of hydrogen-bond acceptors (Lipinski definition) is 6. The third kappa shape index (κ3) is 5.45. The molecule has 0 aromatic heterocycles. The predicted molar refractivity (Wildman–Crippen MR) is 117 cm³/mol. The zero-order valence-electron chi connectivity index (χ0n) is 17.9. The van der Waals surface area contributed by atoms with Crippen molar-refractivity contribution in [2.45, 2.75) is 26.4 Å². The van der Waals surface area contributed by atoms with Crippen LogP contribution < -0.4 is 5.32 Å². The van der Waals surface area contributed by atoms with E-state index in [1.54, 1.807) is 41.3 Å². The first-order chi connectivity index (χ1) is 14.7. The molecule has 2 aromatic rings. The fourth-order valence-electron chi connectivity index (χ4n) is 3.27. The lowest BCUT2D eigenvalue weighted by Crippen LogP contribution is -2.48. The molecule has 8 nitrogen and oxygen atoms in total. The Kier molecular flexibility index (Phi) is 6.35. The van der Waals surface area contributed by atoms with Gasteiger partial charge in [0.05, 0.1) is 0 Å². The smallest absolute Gasteiger partial charge is 0.410 e. The van der Waals surface area contributed by atoms with Gasteiger partial charge in [-0.15, -0.1) is 0 Å². The lowest BCUT2D eigenvalue weighted by atomic mass is 10.1. The maximum Gasteiger partial charge on any atom is 0.410 e. The summed E-state index contributed by atoms with van der Waals surface area (Å²) in [6.07, 6.45) is 1.15. The quantitative estimate of drug-likeness (QED) is 0.580. The van der Waals surface area contributed by atoms with Crippen LogP contribution in [0.1, 0.15) is 20.8 Å². The summed E-state index contributed by atoms with van der Waals surface area (Å²) < 4.78 is 5.38. The Morgan fingerprint density at radius 2 is 1.74 bits per heavy atom. The molecule has 0 saturated carbocycles. The maximum atomic E-state index is 12.7. The topological polar surface area (TPSA) is 106 Å². The van der Waals surface area contributed by atoms with Gasteiger partial charge in [0.1, 0.15) is 23.0 Å². The zero-order chi connectivity index (χ0) is 22.6. The molecule has 8 heteroatoms. The predicted octanol–water partition coefficient (Wildman–Crippen LogP) is 3.44. The van der Waals surface area contributed by atoms with Crippen molar-refractivity contribution in [3.05, 3.63) is 48.2 Å². The molecule has 0 atom stereocenters. The van der Waals surface area contributed by atoms with Crippen molar-refractivity contribution in [1.29, 1.82) is 5.26 Å². The fraction of sp³-hybridized carbons (Fsp3) is 0.348. The first-order valence-corrected chi connectivity index (χ1v) is 10.0. The van der Waals surface area contributed by atoms with E-state index in [-0.39, 0.29) is 17.4 Å². The van der Waals surface area contributed by atoms with Crippen molar-refractivity contribution in [1.82, 2.24) is 9.80 Å². The van der Waals surface area contributed by atoms with E-state index in [1.165, 1.54) is 6.20 Å². The lowest BCUT2D eigenvalue weighted by Gasteiger charge is -2.35. The molecule has 2 N–H and O–H groups in total. The number of nitrogens with one attached hydrogen (secondary N) is 1. The Morgan fingerprint density at radius 1 is 1.10 bits per heavy atom. The minimum absolute atomic E-state index is 0.0390. The van der Waals surface area contributed by atoms with Gasteiger partial charge in [-0.2, -0.15) is 5.26 Å². The van der Waals surface area contributed by atoms with E-state index in [0.717, 1.165) is 0 Å². The first-order valence-electron chi connectivity index (χ1n) is 10.0. The fourth-order valence-corrected chi connectivity index (χ4v) is 3.27. The molecular formula is C23H26N4O4. The van der Waals surface area contributed by atoms with Gasteiger partial charge in [-0.25, -0.2) is 4.79 Å². The van der Waals surface area contributed by atoms with Crippen molar-refractivity contribution >= 4 is 28.5 Å². The van der Waals surface area contributed by atoms with Gasteiger partial charge in [0.25, 0.3) is 5.91 Å². The van der Waals surface area contributed by atoms with Crippen LogP contribution >= 0.6 is 0 Å². The summed E-state index contributed by atoms with van der Waals surface area (Å²) >= 11 is 0. The van der Waals surface area contributed by atoms with Crippen LogP contribution in [-0.4, -0.2) is 58.7 Å². The van der Waals surface area contributed by atoms with Crippen LogP contribution in [0, 0.1) is 11.3 Å². The number of fused-ring (bicyclic) bond motifs is 1. The highest BCUT2D eigenvalue weighted by Crippen LogP contribution is 2.30. The van der Waals surface area contributed by atoms with Crippen LogP contribution in [0.2, 0.25) is 0 Å². The molecule has 1 aliphatic rings. The number of piperazine rings is 1. The van der Waals surface area contributed by atoms with Gasteiger partial charge in [-0.05, 0) is 32.9 Å². The van der Waals surface area contributed by atoms with E-state index < -0.39 is 11.5 Å². The number of aromatic hydroxyl groups is 1. The third-order valence-electron chi connectivity index (χ3n) is 4.79. The highest BCUT2D eigenvalue weighted by molar-refractivity contribution is 6.11. The third-order valence-corrected chi connectivity index (χ3v) is 4.79. The molecule has 0 bridgehead atoms. The van der Waals surface area contributed by atoms with Crippen molar-refractivity contribution < 1.29 is 19.4 Å². The molecule has 162 valence electrons. The van der Waals surface area contributed by atoms with E-state index in [4.69, 9.17) is 4.74 Å². The molecule has 3 rings (SSSR count). The minimum Gasteiger partial charge on any atom is -0.507 e. The monoisotopic (exact) mass is 422 g/mol. The second-order valence-corrected chi connectivity index (χ2v) is 8.29. The van der Waals surface area contributed by atoms with Gasteiger partial charge in [0, 0.05) is 48.8 Å². The minimum atomic E-state index is -0.557. The lowest BCUT2D eigenvalue weighted by molar-refractivity contribution is -0.112. The highest BCUT2D eigenvalue weighted by Gasteiger charge is 2.25. The van der Waals surface area contributed by atoms with Crippen molar-refractivity contribution in [2.24, 2.45) is 0 Å². The number of rotatable bonds is 3. The van der Waals surface area contributed by atoms with Crippen molar-refractivity contribution in [2.75, 3.05) is 31.5 Å². The molecule has 0 spiro atoms. The molecular weight excluding hydrogens is 396 g/mol. The van der Waals surface area contributed by atoms with Crippen LogP contribution in [0.3, 0.4) is 0 Å². The van der Waals surface area contributed by atoms with E-state index in [1.807, 2.05) is 31.7 Å². The summed E-state index contributed by atoms with van der Waals surface area (Å²) in [5.41, 5.74) is -0.0874. The van der Waals surface area contributed by atoms with Crippen LogP contribution in [0.25, 0.3) is 10.8 Å². The molecule has 0 radical (unpaired) electrons. The number of carbonyl (C=O) groups is 2. The zero-order valence-corrected chi connectivity index (χ0v) is 17.9. The van der Waals surface area contributed by atoms with Gasteiger partial charge in [-0.1, -0.05) is 24.3 Å². The Morgan fingerprint density at radius 3 is 2.39 bits per heavy atom. The van der Waals surface area contributed by atoms with Crippen LogP contribution in [0.15, 0.2) is 48.2 Å². The van der Waals surface area contributed by atoms with Gasteiger partial charge < -0.3 is 25.0 Å². The molecule has 1 aliphatic heterocycles. The van der Waals surface area contributed by atoms with Gasteiger partial charge in [0.2, 0.25) is 0 Å². The van der Waals surface area contributed by atoms with Gasteiger partial charge in [-0.3, -0.25) is 4.79 Å². The second kappa shape index (κ2) is 8.96. The Labute approximate surface area is 181 Å². The van der Waals surface area contributed by atoms with Crippen LogP contribution in [0.4, 0.5) is 10.5 Å². The molecule has 1 heterocycles. The van der Waals surface area contributed by atoms with Crippen molar-refractivity contribution in [3.8, 4) is 11.8 Å². The number of phenolic OH excluding ortho intramolecular Hbond substituents is 1. The number of phenols is 1. The number of anilines is 1. The number of benzene rings is 2. The van der Waals surface area contributed by atoms with Gasteiger partial charge in [0.15, 0.2) is 0 Å².